The van der Waals surface area contributed by atoms with Crippen LogP contribution in [0.25, 0.3) is 10.1 Å². The molecule has 1 amide bonds. The van der Waals surface area contributed by atoms with E-state index in [9.17, 15) is 9.00 Å². The minimum atomic E-state index is -0.880. The molecule has 2 aromatic rings. The highest BCUT2D eigenvalue weighted by Gasteiger charge is 2.18. The highest BCUT2D eigenvalue weighted by atomic mass is 35.5. The van der Waals surface area contributed by atoms with Gasteiger partial charge in [-0.2, -0.15) is 0 Å². The molecule has 0 radical (unpaired) electrons. The number of thiophene rings is 1. The average Bonchev–Trinajstić information content (AvgIpc) is 2.77. The van der Waals surface area contributed by atoms with Gasteiger partial charge in [0.1, 0.15) is 4.88 Å². The first-order valence-corrected chi connectivity index (χ1v) is 9.30. The maximum Gasteiger partial charge on any atom is 0.263 e. The zero-order valence-corrected chi connectivity index (χ0v) is 14.2. The van der Waals surface area contributed by atoms with E-state index in [4.69, 9.17) is 17.3 Å². The van der Waals surface area contributed by atoms with Gasteiger partial charge in [0.05, 0.1) is 10.7 Å². The smallest absolute Gasteiger partial charge is 0.263 e. The Kier molecular flexibility index (Phi) is 5.24. The predicted octanol–water partition coefficient (Wildman–Crippen LogP) is 3.02. The SMILES string of the molecule is CC(CCNC(=O)c1sc2cccc(Cl)c2c1N)S(C)=O. The third-order valence-electron chi connectivity index (χ3n) is 3.31. The quantitative estimate of drug-likeness (QED) is 0.875. The van der Waals surface area contributed by atoms with Crippen molar-refractivity contribution in [2.24, 2.45) is 0 Å². The van der Waals surface area contributed by atoms with Gasteiger partial charge in [-0.25, -0.2) is 0 Å². The summed E-state index contributed by atoms with van der Waals surface area (Å²) in [4.78, 5) is 12.7. The normalized spacial score (nSPS) is 14.0. The van der Waals surface area contributed by atoms with Gasteiger partial charge < -0.3 is 11.1 Å². The first kappa shape index (κ1) is 16.3. The Labute approximate surface area is 135 Å². The number of hydrogen-bond donors (Lipinski definition) is 2. The minimum absolute atomic E-state index is 0.0551. The molecule has 2 unspecified atom stereocenters. The minimum Gasteiger partial charge on any atom is -0.397 e. The van der Waals surface area contributed by atoms with Gasteiger partial charge in [-0.15, -0.1) is 11.3 Å². The third kappa shape index (κ3) is 3.56. The van der Waals surface area contributed by atoms with E-state index in [1.807, 2.05) is 19.1 Å². The summed E-state index contributed by atoms with van der Waals surface area (Å²) in [7, 11) is -0.880. The maximum absolute atomic E-state index is 12.2. The van der Waals surface area contributed by atoms with E-state index in [-0.39, 0.29) is 11.2 Å². The summed E-state index contributed by atoms with van der Waals surface area (Å²) < 4.78 is 12.2. The molecular weight excluding hydrogens is 328 g/mol. The number of fused-ring (bicyclic) bond motifs is 1. The van der Waals surface area contributed by atoms with Crippen LogP contribution >= 0.6 is 22.9 Å². The molecular formula is C14H17ClN2O2S2. The number of nitrogen functional groups attached to an aromatic ring is 1. The predicted molar refractivity (Wildman–Crippen MR) is 91.7 cm³/mol. The number of nitrogens with one attached hydrogen (secondary N) is 1. The third-order valence-corrected chi connectivity index (χ3v) is 6.16. The van der Waals surface area contributed by atoms with Crippen LogP contribution in [0.1, 0.15) is 23.0 Å². The van der Waals surface area contributed by atoms with Crippen molar-refractivity contribution in [1.82, 2.24) is 5.32 Å². The van der Waals surface area contributed by atoms with E-state index in [1.165, 1.54) is 11.3 Å². The van der Waals surface area contributed by atoms with Crippen molar-refractivity contribution in [1.29, 1.82) is 0 Å². The molecule has 0 spiro atoms. The summed E-state index contributed by atoms with van der Waals surface area (Å²) in [5.74, 6) is -0.209. The lowest BCUT2D eigenvalue weighted by molar-refractivity contribution is 0.0958. The van der Waals surface area contributed by atoms with Crippen LogP contribution < -0.4 is 11.1 Å². The molecule has 114 valence electrons. The molecule has 0 fully saturated rings. The second kappa shape index (κ2) is 6.77. The van der Waals surface area contributed by atoms with Gasteiger partial charge >= 0.3 is 0 Å². The molecule has 1 heterocycles. The highest BCUT2D eigenvalue weighted by molar-refractivity contribution is 7.84. The van der Waals surface area contributed by atoms with Crippen molar-refractivity contribution in [3.63, 3.8) is 0 Å². The Balaban J connectivity index is 2.12. The summed E-state index contributed by atoms with van der Waals surface area (Å²) >= 11 is 7.45. The number of carbonyl (C=O) groups excluding carboxylic acids is 1. The number of anilines is 1. The van der Waals surface area contributed by atoms with Gasteiger partial charge in [0.15, 0.2) is 0 Å². The molecule has 4 nitrogen and oxygen atoms in total. The first-order chi connectivity index (χ1) is 9.91. The highest BCUT2D eigenvalue weighted by Crippen LogP contribution is 2.37. The van der Waals surface area contributed by atoms with E-state index in [1.54, 1.807) is 12.3 Å². The van der Waals surface area contributed by atoms with Crippen LogP contribution in [-0.4, -0.2) is 28.2 Å². The molecule has 0 saturated carbocycles. The molecule has 7 heteroatoms. The second-order valence-electron chi connectivity index (χ2n) is 4.81. The van der Waals surface area contributed by atoms with E-state index >= 15 is 0 Å². The molecule has 21 heavy (non-hydrogen) atoms. The zero-order valence-electron chi connectivity index (χ0n) is 11.8. The summed E-state index contributed by atoms with van der Waals surface area (Å²) in [5.41, 5.74) is 6.46. The van der Waals surface area contributed by atoms with Crippen molar-refractivity contribution in [2.75, 3.05) is 18.5 Å². The molecule has 1 aromatic heterocycles. The average molecular weight is 345 g/mol. The lowest BCUT2D eigenvalue weighted by Crippen LogP contribution is -2.27. The Bertz CT molecular complexity index is 700. The largest absolute Gasteiger partial charge is 0.397 e. The topological polar surface area (TPSA) is 72.2 Å². The molecule has 3 N–H and O–H groups in total. The Morgan fingerprint density at radius 1 is 1.52 bits per heavy atom. The number of amides is 1. The number of nitrogens with two attached hydrogens (primary N) is 1. The van der Waals surface area contributed by atoms with Crippen molar-refractivity contribution in [3.8, 4) is 0 Å². The van der Waals surface area contributed by atoms with E-state index in [2.05, 4.69) is 5.32 Å². The zero-order chi connectivity index (χ0) is 15.6. The van der Waals surface area contributed by atoms with Gasteiger partial charge in [0.2, 0.25) is 0 Å². The Morgan fingerprint density at radius 2 is 2.24 bits per heavy atom. The summed E-state index contributed by atoms with van der Waals surface area (Å²) in [6.07, 6.45) is 2.33. The van der Waals surface area contributed by atoms with Crippen LogP contribution in [0.15, 0.2) is 18.2 Å². The lowest BCUT2D eigenvalue weighted by Gasteiger charge is -2.08. The van der Waals surface area contributed by atoms with Crippen LogP contribution in [0, 0.1) is 0 Å². The van der Waals surface area contributed by atoms with Crippen LogP contribution in [0.4, 0.5) is 5.69 Å². The molecule has 2 atom stereocenters. The summed E-state index contributed by atoms with van der Waals surface area (Å²) in [6, 6.07) is 5.48. The van der Waals surface area contributed by atoms with Crippen molar-refractivity contribution < 1.29 is 9.00 Å². The van der Waals surface area contributed by atoms with Crippen molar-refractivity contribution in [2.45, 2.75) is 18.6 Å². The van der Waals surface area contributed by atoms with Gasteiger partial charge in [-0.3, -0.25) is 9.00 Å². The molecule has 0 bridgehead atoms. The fraction of sp³-hybridized carbons (Fsp3) is 0.357. The van der Waals surface area contributed by atoms with Crippen LogP contribution in [-0.2, 0) is 10.8 Å². The molecule has 0 saturated heterocycles. The van der Waals surface area contributed by atoms with Gasteiger partial charge in [-0.05, 0) is 18.6 Å². The lowest BCUT2D eigenvalue weighted by atomic mass is 10.2. The van der Waals surface area contributed by atoms with E-state index < -0.39 is 10.8 Å². The fourth-order valence-corrected chi connectivity index (χ4v) is 3.78. The molecule has 0 aliphatic carbocycles. The summed E-state index contributed by atoms with van der Waals surface area (Å²) in [6.45, 7) is 2.37. The number of hydrogen-bond acceptors (Lipinski definition) is 4. The fourth-order valence-electron chi connectivity index (χ4n) is 1.93. The Morgan fingerprint density at radius 3 is 2.86 bits per heavy atom. The van der Waals surface area contributed by atoms with E-state index in [0.29, 0.717) is 28.6 Å². The first-order valence-electron chi connectivity index (χ1n) is 6.48. The number of benzene rings is 1. The van der Waals surface area contributed by atoms with Crippen LogP contribution in [0.5, 0.6) is 0 Å². The van der Waals surface area contributed by atoms with E-state index in [0.717, 1.165) is 10.1 Å². The molecule has 0 aliphatic heterocycles. The summed E-state index contributed by atoms with van der Waals surface area (Å²) in [5, 5.41) is 4.16. The monoisotopic (exact) mass is 344 g/mol. The number of rotatable bonds is 5. The second-order valence-corrected chi connectivity index (χ2v) is 8.07. The molecule has 1 aromatic carbocycles. The Hall–Kier alpha value is -1.11. The van der Waals surface area contributed by atoms with Crippen LogP contribution in [0.2, 0.25) is 5.02 Å². The van der Waals surface area contributed by atoms with Crippen LogP contribution in [0.3, 0.4) is 0 Å². The van der Waals surface area contributed by atoms with Crippen molar-refractivity contribution in [3.05, 3.63) is 28.1 Å². The van der Waals surface area contributed by atoms with Gasteiger partial charge in [0, 0.05) is 38.9 Å². The van der Waals surface area contributed by atoms with Gasteiger partial charge in [-0.1, -0.05) is 24.6 Å². The van der Waals surface area contributed by atoms with Gasteiger partial charge in [0.25, 0.3) is 5.91 Å². The molecule has 0 aliphatic rings. The standard InChI is InChI=1S/C14H17ClN2O2S2/c1-8(21(2)19)6-7-17-14(18)13-12(16)11-9(15)4-3-5-10(11)20-13/h3-5,8H,6-7,16H2,1-2H3,(H,17,18). The number of carbonyl (C=O) groups is 1. The van der Waals surface area contributed by atoms with Crippen molar-refractivity contribution >= 4 is 55.4 Å². The number of halogens is 1. The maximum atomic E-state index is 12.2. The molecule has 2 rings (SSSR count).